The molecule has 0 aromatic heterocycles. The van der Waals surface area contributed by atoms with Gasteiger partial charge in [-0.05, 0) is 42.2 Å². The Hall–Kier alpha value is -2.66. The van der Waals surface area contributed by atoms with E-state index in [0.29, 0.717) is 12.3 Å². The van der Waals surface area contributed by atoms with Crippen molar-refractivity contribution in [2.75, 3.05) is 6.54 Å². The van der Waals surface area contributed by atoms with E-state index in [0.717, 1.165) is 24.0 Å². The lowest BCUT2D eigenvalue weighted by atomic mass is 9.69. The van der Waals surface area contributed by atoms with Gasteiger partial charge in [-0.25, -0.2) is 0 Å². The molecule has 118 valence electrons. The molecule has 0 radical (unpaired) electrons. The summed E-state index contributed by atoms with van der Waals surface area (Å²) in [5.41, 5.74) is 1.83. The van der Waals surface area contributed by atoms with Crippen molar-refractivity contribution in [1.82, 2.24) is 0 Å². The van der Waals surface area contributed by atoms with Gasteiger partial charge in [0.25, 0.3) is 0 Å². The van der Waals surface area contributed by atoms with Crippen molar-refractivity contribution in [3.05, 3.63) is 57.2 Å². The highest BCUT2D eigenvalue weighted by molar-refractivity contribution is 5.43. The molecule has 0 N–H and O–H groups in total. The zero-order chi connectivity index (χ0) is 16.8. The van der Waals surface area contributed by atoms with Crippen molar-refractivity contribution in [1.29, 1.82) is 10.5 Å². The Balaban J connectivity index is 2.49. The molecule has 1 aromatic carbocycles. The minimum Gasteiger partial charge on any atom is -0.265 e. The smallest absolute Gasteiger partial charge is 0.211 e. The molecule has 23 heavy (non-hydrogen) atoms. The first-order valence-electron chi connectivity index (χ1n) is 7.76. The number of benzene rings is 1. The highest BCUT2D eigenvalue weighted by atomic mass is 16.6. The number of nitriles is 2. The lowest BCUT2D eigenvalue weighted by Crippen LogP contribution is -2.28. The Morgan fingerprint density at radius 3 is 2.57 bits per heavy atom. The van der Waals surface area contributed by atoms with Gasteiger partial charge in [0, 0.05) is 4.92 Å². The van der Waals surface area contributed by atoms with Crippen LogP contribution >= 0.6 is 0 Å². The Labute approximate surface area is 136 Å². The Morgan fingerprint density at radius 1 is 1.35 bits per heavy atom. The summed E-state index contributed by atoms with van der Waals surface area (Å²) < 4.78 is 0. The molecule has 5 heteroatoms. The fourth-order valence-electron chi connectivity index (χ4n) is 3.49. The number of hydrogen-bond donors (Lipinski definition) is 0. The molecular weight excluding hydrogens is 290 g/mol. The predicted octanol–water partition coefficient (Wildman–Crippen LogP) is 3.83. The summed E-state index contributed by atoms with van der Waals surface area (Å²) in [7, 11) is 0. The molecule has 0 saturated heterocycles. The molecule has 2 rings (SSSR count). The van der Waals surface area contributed by atoms with Gasteiger partial charge in [-0.1, -0.05) is 37.3 Å². The average molecular weight is 309 g/mol. The lowest BCUT2D eigenvalue weighted by Gasteiger charge is -2.34. The summed E-state index contributed by atoms with van der Waals surface area (Å²) in [5, 5.41) is 29.6. The predicted molar refractivity (Wildman–Crippen MR) is 85.8 cm³/mol. The van der Waals surface area contributed by atoms with Gasteiger partial charge in [-0.15, -0.1) is 0 Å². The van der Waals surface area contributed by atoms with Crippen LogP contribution in [0.2, 0.25) is 0 Å². The fraction of sp³-hybridized carbons (Fsp3) is 0.444. The van der Waals surface area contributed by atoms with Crippen LogP contribution in [0.25, 0.3) is 0 Å². The van der Waals surface area contributed by atoms with E-state index in [1.54, 1.807) is 0 Å². The molecule has 3 atom stereocenters. The van der Waals surface area contributed by atoms with Gasteiger partial charge < -0.3 is 0 Å². The standard InChI is InChI=1S/C18H19N3O2/c1-13-7-8-16(15(10-19)11-20)17(9-13)18(12-21(22)23)14-5-3-2-4-6-14/h2-6,13,17-18H,7-9,12H2,1H3/t13?,17-,18+/m0/s1. The topological polar surface area (TPSA) is 90.7 Å². The molecule has 1 unspecified atom stereocenters. The third-order valence-electron chi connectivity index (χ3n) is 4.61. The summed E-state index contributed by atoms with van der Waals surface area (Å²) in [6.07, 6.45) is 2.36. The van der Waals surface area contributed by atoms with Gasteiger partial charge in [0.1, 0.15) is 17.7 Å². The molecular formula is C18H19N3O2. The largest absolute Gasteiger partial charge is 0.265 e. The van der Waals surface area contributed by atoms with Crippen LogP contribution < -0.4 is 0 Å². The number of hydrogen-bond acceptors (Lipinski definition) is 4. The average Bonchev–Trinajstić information content (AvgIpc) is 2.55. The summed E-state index contributed by atoms with van der Waals surface area (Å²) in [6, 6.07) is 13.3. The molecule has 1 aliphatic rings. The van der Waals surface area contributed by atoms with Gasteiger partial charge >= 0.3 is 0 Å². The number of rotatable bonds is 4. The van der Waals surface area contributed by atoms with Crippen LogP contribution in [0.3, 0.4) is 0 Å². The van der Waals surface area contributed by atoms with Crippen molar-refractivity contribution < 1.29 is 4.92 Å². The second kappa shape index (κ2) is 7.56. The monoisotopic (exact) mass is 309 g/mol. The van der Waals surface area contributed by atoms with E-state index in [9.17, 15) is 20.6 Å². The molecule has 0 heterocycles. The van der Waals surface area contributed by atoms with E-state index in [1.165, 1.54) is 0 Å². The summed E-state index contributed by atoms with van der Waals surface area (Å²) in [6.45, 7) is 1.94. The highest BCUT2D eigenvalue weighted by Gasteiger charge is 2.35. The quantitative estimate of drug-likeness (QED) is 0.480. The molecule has 1 aliphatic carbocycles. The molecule has 1 fully saturated rings. The SMILES string of the molecule is CC1CCC(=C(C#N)C#N)[C@@H]([C@H](C[N+](=O)[O-])c2ccccc2)C1. The van der Waals surface area contributed by atoms with E-state index in [1.807, 2.05) is 42.5 Å². The van der Waals surface area contributed by atoms with E-state index in [-0.39, 0.29) is 28.9 Å². The second-order valence-electron chi connectivity index (χ2n) is 6.14. The molecule has 0 spiro atoms. The van der Waals surface area contributed by atoms with Gasteiger partial charge in [0.2, 0.25) is 6.54 Å². The third-order valence-corrected chi connectivity index (χ3v) is 4.61. The maximum Gasteiger partial charge on any atom is 0.211 e. The van der Waals surface area contributed by atoms with Crippen LogP contribution in [0.15, 0.2) is 41.5 Å². The van der Waals surface area contributed by atoms with Gasteiger partial charge in [-0.3, -0.25) is 10.1 Å². The molecule has 0 amide bonds. The van der Waals surface area contributed by atoms with Crippen molar-refractivity contribution >= 4 is 0 Å². The van der Waals surface area contributed by atoms with Crippen molar-refractivity contribution in [3.8, 4) is 12.1 Å². The van der Waals surface area contributed by atoms with Crippen LogP contribution in [0.5, 0.6) is 0 Å². The molecule has 1 aromatic rings. The lowest BCUT2D eigenvalue weighted by molar-refractivity contribution is -0.484. The zero-order valence-electron chi connectivity index (χ0n) is 13.1. The number of allylic oxidation sites excluding steroid dienone is 2. The zero-order valence-corrected chi connectivity index (χ0v) is 13.1. The maximum absolute atomic E-state index is 11.2. The van der Waals surface area contributed by atoms with Gasteiger partial charge in [-0.2, -0.15) is 10.5 Å². The van der Waals surface area contributed by atoms with Crippen LogP contribution in [0, 0.1) is 44.6 Å². The summed E-state index contributed by atoms with van der Waals surface area (Å²) in [4.78, 5) is 10.9. The van der Waals surface area contributed by atoms with E-state index in [2.05, 4.69) is 6.92 Å². The van der Waals surface area contributed by atoms with E-state index >= 15 is 0 Å². The molecule has 1 saturated carbocycles. The van der Waals surface area contributed by atoms with Crippen molar-refractivity contribution in [3.63, 3.8) is 0 Å². The van der Waals surface area contributed by atoms with Crippen LogP contribution in [-0.2, 0) is 0 Å². The van der Waals surface area contributed by atoms with Crippen molar-refractivity contribution in [2.45, 2.75) is 32.1 Å². The third kappa shape index (κ3) is 3.96. The highest BCUT2D eigenvalue weighted by Crippen LogP contribution is 2.43. The minimum atomic E-state index is -0.305. The fourth-order valence-corrected chi connectivity index (χ4v) is 3.49. The Morgan fingerprint density at radius 2 is 2.00 bits per heavy atom. The van der Waals surface area contributed by atoms with Crippen LogP contribution in [0.1, 0.15) is 37.7 Å². The second-order valence-corrected chi connectivity index (χ2v) is 6.14. The van der Waals surface area contributed by atoms with Crippen LogP contribution in [0.4, 0.5) is 0 Å². The summed E-state index contributed by atoms with van der Waals surface area (Å²) in [5.74, 6) is 0.00171. The Kier molecular flexibility index (Phi) is 5.49. The summed E-state index contributed by atoms with van der Waals surface area (Å²) >= 11 is 0. The first kappa shape index (κ1) is 16.7. The van der Waals surface area contributed by atoms with E-state index < -0.39 is 0 Å². The normalized spacial score (nSPS) is 21.8. The molecule has 5 nitrogen and oxygen atoms in total. The number of nitrogens with zero attached hydrogens (tertiary/aromatic N) is 3. The minimum absolute atomic E-state index is 0.124. The first-order chi connectivity index (χ1) is 11.1. The number of nitro groups is 1. The first-order valence-corrected chi connectivity index (χ1v) is 7.76. The van der Waals surface area contributed by atoms with Gasteiger partial charge in [0.05, 0.1) is 5.92 Å². The molecule has 0 bridgehead atoms. The van der Waals surface area contributed by atoms with E-state index in [4.69, 9.17) is 0 Å². The maximum atomic E-state index is 11.2. The van der Waals surface area contributed by atoms with Crippen LogP contribution in [-0.4, -0.2) is 11.5 Å². The van der Waals surface area contributed by atoms with Crippen molar-refractivity contribution in [2.24, 2.45) is 11.8 Å². The Bertz CT molecular complexity index is 666. The van der Waals surface area contributed by atoms with Gasteiger partial charge in [0.15, 0.2) is 0 Å². The molecule has 0 aliphatic heterocycles.